The van der Waals surface area contributed by atoms with Crippen LogP contribution in [-0.2, 0) is 4.79 Å². The molecule has 2 atom stereocenters. The average molecular weight is 419 g/mol. The Morgan fingerprint density at radius 3 is 2.63 bits per heavy atom. The molecule has 30 heavy (non-hydrogen) atoms. The topological polar surface area (TPSA) is 54.0 Å². The van der Waals surface area contributed by atoms with Crippen LogP contribution in [0, 0.1) is 0 Å². The number of halogens is 2. The molecular formula is C22H27F2N3O3. The zero-order valence-corrected chi connectivity index (χ0v) is 17.3. The summed E-state index contributed by atoms with van der Waals surface area (Å²) in [5.41, 5.74) is 1.60. The first kappa shape index (κ1) is 21.8. The van der Waals surface area contributed by atoms with E-state index in [2.05, 4.69) is 21.9 Å². The van der Waals surface area contributed by atoms with Gasteiger partial charge in [-0.2, -0.15) is 8.78 Å². The second-order valence-corrected chi connectivity index (χ2v) is 7.25. The van der Waals surface area contributed by atoms with E-state index in [1.807, 2.05) is 43.1 Å². The van der Waals surface area contributed by atoms with Crippen LogP contribution in [0.2, 0.25) is 0 Å². The minimum Gasteiger partial charge on any atom is -0.485 e. The molecule has 0 bridgehead atoms. The summed E-state index contributed by atoms with van der Waals surface area (Å²) in [4.78, 5) is 16.8. The number of nitrogens with zero attached hydrogens (tertiary/aromatic N) is 2. The molecule has 2 aromatic rings. The number of amides is 1. The van der Waals surface area contributed by atoms with Crippen LogP contribution in [-0.4, -0.2) is 56.2 Å². The highest BCUT2D eigenvalue weighted by Crippen LogP contribution is 2.33. The highest BCUT2D eigenvalue weighted by molar-refractivity contribution is 5.94. The predicted molar refractivity (Wildman–Crippen MR) is 113 cm³/mol. The smallest absolute Gasteiger partial charge is 0.387 e. The van der Waals surface area contributed by atoms with Gasteiger partial charge < -0.3 is 19.7 Å². The highest BCUT2D eigenvalue weighted by atomic mass is 19.3. The van der Waals surface area contributed by atoms with Crippen LogP contribution in [0.4, 0.5) is 20.2 Å². The first-order valence-electron chi connectivity index (χ1n) is 9.94. The van der Waals surface area contributed by atoms with Crippen LogP contribution in [0.15, 0.2) is 48.5 Å². The molecule has 1 aliphatic heterocycles. The molecule has 162 valence electrons. The molecule has 0 unspecified atom stereocenters. The highest BCUT2D eigenvalue weighted by Gasteiger charge is 2.28. The third-order valence-electron chi connectivity index (χ3n) is 5.18. The molecule has 0 saturated heterocycles. The van der Waals surface area contributed by atoms with Crippen LogP contribution in [0.25, 0.3) is 0 Å². The molecule has 0 aromatic heterocycles. The van der Waals surface area contributed by atoms with Gasteiger partial charge in [0.25, 0.3) is 0 Å². The van der Waals surface area contributed by atoms with Gasteiger partial charge in [-0.05, 0) is 57.3 Å². The molecular weight excluding hydrogens is 392 g/mol. The molecule has 0 aliphatic carbocycles. The molecule has 6 nitrogen and oxygen atoms in total. The number of hydrogen-bond acceptors (Lipinski definition) is 5. The Morgan fingerprint density at radius 1 is 1.27 bits per heavy atom. The Labute approximate surface area is 175 Å². The fraction of sp³-hybridized carbons (Fsp3) is 0.409. The molecule has 1 aliphatic rings. The van der Waals surface area contributed by atoms with E-state index in [0.29, 0.717) is 12.2 Å². The zero-order chi connectivity index (χ0) is 21.7. The van der Waals surface area contributed by atoms with Crippen molar-refractivity contribution in [1.82, 2.24) is 4.90 Å². The lowest BCUT2D eigenvalue weighted by Crippen LogP contribution is -2.49. The van der Waals surface area contributed by atoms with Crippen molar-refractivity contribution in [2.45, 2.75) is 32.6 Å². The summed E-state index contributed by atoms with van der Waals surface area (Å²) in [6, 6.07) is 13.4. The Morgan fingerprint density at radius 2 is 1.97 bits per heavy atom. The van der Waals surface area contributed by atoms with Gasteiger partial charge in [0, 0.05) is 18.8 Å². The van der Waals surface area contributed by atoms with Gasteiger partial charge in [0.2, 0.25) is 5.91 Å². The van der Waals surface area contributed by atoms with E-state index < -0.39 is 12.7 Å². The fourth-order valence-electron chi connectivity index (χ4n) is 3.42. The second-order valence-electron chi connectivity index (χ2n) is 7.25. The summed E-state index contributed by atoms with van der Waals surface area (Å²) in [5, 5.41) is 2.80. The summed E-state index contributed by atoms with van der Waals surface area (Å²) in [5.74, 6) is 0.708. The van der Waals surface area contributed by atoms with Gasteiger partial charge in [0.15, 0.2) is 0 Å². The molecule has 1 heterocycles. The van der Waals surface area contributed by atoms with Crippen molar-refractivity contribution in [3.8, 4) is 11.5 Å². The van der Waals surface area contributed by atoms with Crippen LogP contribution >= 0.6 is 0 Å². The minimum atomic E-state index is -2.88. The van der Waals surface area contributed by atoms with Gasteiger partial charge in [0.1, 0.15) is 17.6 Å². The first-order chi connectivity index (χ1) is 14.4. The number of likely N-dealkylation sites (N-methyl/N-ethyl adjacent to an activating group) is 2. The van der Waals surface area contributed by atoms with Crippen LogP contribution < -0.4 is 19.7 Å². The van der Waals surface area contributed by atoms with Crippen molar-refractivity contribution in [2.24, 2.45) is 0 Å². The lowest BCUT2D eigenvalue weighted by molar-refractivity contribution is -0.120. The number of benzene rings is 2. The molecule has 0 fully saturated rings. The normalized spacial score (nSPS) is 16.8. The molecule has 0 spiro atoms. The predicted octanol–water partition coefficient (Wildman–Crippen LogP) is 3.83. The number of hydrogen-bond donors (Lipinski definition) is 1. The quantitative estimate of drug-likeness (QED) is 0.705. The molecule has 2 aromatic carbocycles. The third-order valence-corrected chi connectivity index (χ3v) is 5.18. The largest absolute Gasteiger partial charge is 0.485 e. The maximum Gasteiger partial charge on any atom is 0.387 e. The van der Waals surface area contributed by atoms with E-state index in [9.17, 15) is 13.6 Å². The maximum absolute atomic E-state index is 12.6. The Balaban J connectivity index is 1.56. The standard InChI is InChI=1S/C22H27F2N3O3/c1-4-27-14-18(29-20-8-6-5-7-19(20)27)13-26(3)15(2)21(28)25-16-9-11-17(12-10-16)30-22(23)24/h5-12,15,18,22H,4,13-14H2,1-3H3,(H,25,28)/t15-,18-/m0/s1. The first-order valence-corrected chi connectivity index (χ1v) is 9.94. The van der Waals surface area contributed by atoms with E-state index in [0.717, 1.165) is 24.5 Å². The molecule has 1 amide bonds. The number of anilines is 2. The lowest BCUT2D eigenvalue weighted by Gasteiger charge is -2.38. The van der Waals surface area contributed by atoms with Crippen molar-refractivity contribution in [3.05, 3.63) is 48.5 Å². The monoisotopic (exact) mass is 419 g/mol. The second kappa shape index (κ2) is 9.75. The van der Waals surface area contributed by atoms with Crippen molar-refractivity contribution >= 4 is 17.3 Å². The number of fused-ring (bicyclic) bond motifs is 1. The van der Waals surface area contributed by atoms with Gasteiger partial charge in [-0.3, -0.25) is 9.69 Å². The van der Waals surface area contributed by atoms with Crippen molar-refractivity contribution in [2.75, 3.05) is 36.9 Å². The third kappa shape index (κ3) is 5.38. The number of ether oxygens (including phenoxy) is 2. The van der Waals surface area contributed by atoms with E-state index in [1.165, 1.54) is 24.3 Å². The number of alkyl halides is 2. The minimum absolute atomic E-state index is 0.0448. The van der Waals surface area contributed by atoms with Crippen molar-refractivity contribution in [3.63, 3.8) is 0 Å². The van der Waals surface area contributed by atoms with Crippen molar-refractivity contribution in [1.29, 1.82) is 0 Å². The summed E-state index contributed by atoms with van der Waals surface area (Å²) < 4.78 is 34.9. The number of carbonyl (C=O) groups is 1. The lowest BCUT2D eigenvalue weighted by atomic mass is 10.1. The zero-order valence-electron chi connectivity index (χ0n) is 17.3. The SMILES string of the molecule is CCN1C[C@H](CN(C)[C@@H](C)C(=O)Nc2ccc(OC(F)F)cc2)Oc2ccccc21. The van der Waals surface area contributed by atoms with Gasteiger partial charge in [-0.25, -0.2) is 0 Å². The molecule has 3 rings (SSSR count). The Kier molecular flexibility index (Phi) is 7.10. The van der Waals surface area contributed by atoms with Gasteiger partial charge >= 0.3 is 6.61 Å². The average Bonchev–Trinajstić information content (AvgIpc) is 2.73. The fourth-order valence-corrected chi connectivity index (χ4v) is 3.42. The van der Waals surface area contributed by atoms with E-state index >= 15 is 0 Å². The van der Waals surface area contributed by atoms with E-state index in [-0.39, 0.29) is 17.8 Å². The maximum atomic E-state index is 12.6. The summed E-state index contributed by atoms with van der Waals surface area (Å²) >= 11 is 0. The van der Waals surface area contributed by atoms with E-state index in [4.69, 9.17) is 4.74 Å². The van der Waals surface area contributed by atoms with Crippen LogP contribution in [0.1, 0.15) is 13.8 Å². The van der Waals surface area contributed by atoms with Crippen molar-refractivity contribution < 1.29 is 23.0 Å². The molecule has 8 heteroatoms. The number of nitrogens with one attached hydrogen (secondary N) is 1. The number of para-hydroxylation sites is 2. The van der Waals surface area contributed by atoms with Gasteiger partial charge in [-0.15, -0.1) is 0 Å². The van der Waals surface area contributed by atoms with Crippen LogP contribution in [0.3, 0.4) is 0 Å². The summed E-state index contributed by atoms with van der Waals surface area (Å²) in [6.07, 6.45) is -0.0640. The molecule has 1 N–H and O–H groups in total. The number of carbonyl (C=O) groups excluding carboxylic acids is 1. The van der Waals surface area contributed by atoms with E-state index in [1.54, 1.807) is 0 Å². The summed E-state index contributed by atoms with van der Waals surface area (Å²) in [7, 11) is 1.88. The molecule has 0 saturated carbocycles. The summed E-state index contributed by atoms with van der Waals surface area (Å²) in [6.45, 7) is 3.26. The molecule has 0 radical (unpaired) electrons. The Hall–Kier alpha value is -2.87. The van der Waals surface area contributed by atoms with Gasteiger partial charge in [-0.1, -0.05) is 12.1 Å². The Bertz CT molecular complexity index is 848. The van der Waals surface area contributed by atoms with Gasteiger partial charge in [0.05, 0.1) is 18.3 Å². The number of rotatable bonds is 8. The van der Waals surface area contributed by atoms with Crippen LogP contribution in [0.5, 0.6) is 11.5 Å².